The van der Waals surface area contributed by atoms with Gasteiger partial charge in [0, 0.05) is 30.3 Å². The first-order valence-corrected chi connectivity index (χ1v) is 21.3. The van der Waals surface area contributed by atoms with Gasteiger partial charge in [0.15, 0.2) is 16.4 Å². The Labute approximate surface area is 328 Å². The van der Waals surface area contributed by atoms with Gasteiger partial charge < -0.3 is 20.3 Å². The summed E-state index contributed by atoms with van der Waals surface area (Å²) in [6.45, 7) is 3.91. The topological polar surface area (TPSA) is 159 Å². The Bertz CT molecular complexity index is 1820. The molecule has 1 heterocycles. The molecule has 3 aromatic carbocycles. The van der Waals surface area contributed by atoms with Gasteiger partial charge in [0.25, 0.3) is 16.0 Å². The summed E-state index contributed by atoms with van der Waals surface area (Å²) in [5.41, 5.74) is 1.44. The van der Waals surface area contributed by atoms with E-state index in [9.17, 15) is 26.4 Å². The number of hydrogen-bond donors (Lipinski definition) is 3. The number of thioether (sulfide) groups is 1. The molecule has 0 unspecified atom stereocenters. The van der Waals surface area contributed by atoms with Gasteiger partial charge >= 0.3 is 29.6 Å². The summed E-state index contributed by atoms with van der Waals surface area (Å²) in [7, 11) is -8.11. The van der Waals surface area contributed by atoms with E-state index >= 15 is 0 Å². The zero-order valence-electron chi connectivity index (χ0n) is 28.8. The normalized spacial score (nSPS) is 15.4. The molecule has 0 aromatic heterocycles. The van der Waals surface area contributed by atoms with E-state index in [0.29, 0.717) is 22.7 Å². The molecule has 4 rings (SSSR count). The van der Waals surface area contributed by atoms with Crippen molar-refractivity contribution in [2.24, 2.45) is 5.41 Å². The van der Waals surface area contributed by atoms with Gasteiger partial charge in [-0.05, 0) is 42.9 Å². The summed E-state index contributed by atoms with van der Waals surface area (Å²) < 4.78 is 66.0. The third kappa shape index (κ3) is 12.0. The molecule has 11 nitrogen and oxygen atoms in total. The summed E-state index contributed by atoms with van der Waals surface area (Å²) in [5.74, 6) is -1.79. The number of fused-ring (bicyclic) bond motifs is 1. The Kier molecular flexibility index (Phi) is 16.4. The van der Waals surface area contributed by atoms with E-state index < -0.39 is 55.6 Å². The molecular weight excluding hydrogens is 722 g/mol. The Morgan fingerprint density at radius 2 is 1.61 bits per heavy atom. The molecule has 0 radical (unpaired) electrons. The predicted molar refractivity (Wildman–Crippen MR) is 205 cm³/mol. The molecule has 3 aromatic rings. The van der Waals surface area contributed by atoms with Crippen molar-refractivity contribution < 1.29 is 35.7 Å². The average molecular weight is 770 g/mol. The van der Waals surface area contributed by atoms with Crippen molar-refractivity contribution in [3.05, 3.63) is 78.4 Å². The zero-order valence-corrected chi connectivity index (χ0v) is 31.2. The second-order valence-corrected chi connectivity index (χ2v) is 17.0. The second-order valence-electron chi connectivity index (χ2n) is 12.6. The van der Waals surface area contributed by atoms with Crippen molar-refractivity contribution >= 4 is 84.5 Å². The van der Waals surface area contributed by atoms with E-state index in [-0.39, 0.29) is 52.5 Å². The van der Waals surface area contributed by atoms with Gasteiger partial charge in [0.2, 0.25) is 5.91 Å². The van der Waals surface area contributed by atoms with E-state index in [1.807, 2.05) is 42.7 Å². The Hall–Kier alpha value is -2.59. The zero-order chi connectivity index (χ0) is 36.4. The van der Waals surface area contributed by atoms with Gasteiger partial charge in [-0.25, -0.2) is 8.42 Å². The van der Waals surface area contributed by atoms with Crippen molar-refractivity contribution in [1.29, 1.82) is 0 Å². The molecule has 3 N–H and O–H groups in total. The van der Waals surface area contributed by atoms with Crippen molar-refractivity contribution in [2.75, 3.05) is 42.4 Å². The average Bonchev–Trinajstić information content (AvgIpc) is 3.19. The number of unbranched alkanes of at least 4 members (excludes halogenated alkanes) is 2. The van der Waals surface area contributed by atoms with Gasteiger partial charge in [0.05, 0.1) is 27.0 Å². The molecule has 0 saturated carbocycles. The fourth-order valence-corrected chi connectivity index (χ4v) is 9.30. The number of para-hydroxylation sites is 1. The van der Waals surface area contributed by atoms with E-state index in [2.05, 4.69) is 29.4 Å². The van der Waals surface area contributed by atoms with Crippen LogP contribution in [0.3, 0.4) is 0 Å². The van der Waals surface area contributed by atoms with E-state index in [1.165, 1.54) is 17.8 Å². The van der Waals surface area contributed by atoms with Crippen LogP contribution < -0.4 is 20.3 Å². The molecule has 51 heavy (non-hydrogen) atoms. The second kappa shape index (κ2) is 19.5. The number of anilines is 2. The molecule has 0 spiro atoms. The van der Waals surface area contributed by atoms with Crippen LogP contribution in [0.4, 0.5) is 11.4 Å². The summed E-state index contributed by atoms with van der Waals surface area (Å²) in [6, 6.07) is 20.3. The fraction of sp³-hybridized carbons (Fsp3) is 0.444. The standard InChI is InChI=1S/C36H47N3O8S3.Na.H/c1-4-6-18-36(19-7-5-2)25-39(28-16-12-9-13-17-28)29-22-31(48-3)30(23-32(29)49(42,43)26-36)47-24-33(40)38-34(27-14-10-8-11-15-27)35(41)37-20-21-50(44,45)46;;/h8-17,22-23,34H,4-7,18-21,24-26H2,1-3H3,(H,37,41)(H,38,40)(H,44,45,46);;/t34-;;/m0../s1. The van der Waals surface area contributed by atoms with Crippen LogP contribution in [0.2, 0.25) is 0 Å². The maximum absolute atomic E-state index is 14.4. The maximum atomic E-state index is 14.4. The number of hydrogen-bond acceptors (Lipinski definition) is 9. The third-order valence-electron chi connectivity index (χ3n) is 8.77. The van der Waals surface area contributed by atoms with Crippen LogP contribution in [-0.4, -0.2) is 100 Å². The Morgan fingerprint density at radius 1 is 1.00 bits per heavy atom. The number of sulfone groups is 1. The van der Waals surface area contributed by atoms with Crippen LogP contribution in [0, 0.1) is 5.41 Å². The predicted octanol–water partition coefficient (Wildman–Crippen LogP) is 5.29. The van der Waals surface area contributed by atoms with Crippen LogP contribution in [0.15, 0.2) is 82.6 Å². The molecule has 0 saturated heterocycles. The SMILES string of the molecule is CCCCC1(CCCC)CN(c2ccccc2)c2cc(SC)c(OCC(=O)N[C@H](C(=O)NCCS(=O)(=O)O)c3ccccc3)cc2S(=O)(=O)C1.[NaH]. The number of carbonyl (C=O) groups excluding carboxylic acids is 2. The molecule has 0 bridgehead atoms. The quantitative estimate of drug-likeness (QED) is 0.0936. The van der Waals surface area contributed by atoms with E-state index in [0.717, 1.165) is 44.2 Å². The summed E-state index contributed by atoms with van der Waals surface area (Å²) in [5, 5.41) is 5.06. The molecule has 1 aliphatic heterocycles. The monoisotopic (exact) mass is 769 g/mol. The number of nitrogens with zero attached hydrogens (tertiary/aromatic N) is 1. The van der Waals surface area contributed by atoms with Crippen molar-refractivity contribution in [3.8, 4) is 5.75 Å². The number of ether oxygens (including phenoxy) is 1. The fourth-order valence-electron chi connectivity index (χ4n) is 6.28. The van der Waals surface area contributed by atoms with Crippen LogP contribution >= 0.6 is 11.8 Å². The number of amides is 2. The van der Waals surface area contributed by atoms with Gasteiger partial charge in [-0.3, -0.25) is 14.1 Å². The first-order valence-electron chi connectivity index (χ1n) is 16.8. The minimum atomic E-state index is -4.30. The van der Waals surface area contributed by atoms with Crippen molar-refractivity contribution in [2.45, 2.75) is 68.2 Å². The third-order valence-corrected chi connectivity index (χ3v) is 12.2. The van der Waals surface area contributed by atoms with E-state index in [1.54, 1.807) is 30.3 Å². The van der Waals surface area contributed by atoms with Gasteiger partial charge in [-0.15, -0.1) is 11.8 Å². The number of benzene rings is 3. The first kappa shape index (κ1) is 42.8. The van der Waals surface area contributed by atoms with Gasteiger partial charge in [-0.2, -0.15) is 8.42 Å². The number of nitrogens with one attached hydrogen (secondary N) is 2. The Morgan fingerprint density at radius 3 is 2.18 bits per heavy atom. The van der Waals surface area contributed by atoms with Gasteiger partial charge in [0.1, 0.15) is 11.8 Å². The Balaban J connectivity index is 0.00000702. The van der Waals surface area contributed by atoms with Crippen LogP contribution in [0.1, 0.15) is 64.0 Å². The number of carbonyl (C=O) groups is 2. The summed E-state index contributed by atoms with van der Waals surface area (Å²) in [6.07, 6.45) is 7.17. The van der Waals surface area contributed by atoms with Gasteiger partial charge in [-0.1, -0.05) is 88.1 Å². The van der Waals surface area contributed by atoms with Crippen LogP contribution in [0.5, 0.6) is 5.75 Å². The molecule has 1 atom stereocenters. The van der Waals surface area contributed by atoms with Crippen LogP contribution in [0.25, 0.3) is 0 Å². The number of rotatable bonds is 17. The summed E-state index contributed by atoms with van der Waals surface area (Å²) in [4.78, 5) is 29.2. The first-order chi connectivity index (χ1) is 23.8. The molecular formula is C36H48N3NaO8S3. The summed E-state index contributed by atoms with van der Waals surface area (Å²) >= 11 is 1.37. The van der Waals surface area contributed by atoms with Crippen molar-refractivity contribution in [1.82, 2.24) is 10.6 Å². The molecule has 1 aliphatic rings. The molecule has 2 amide bonds. The molecule has 15 heteroatoms. The van der Waals surface area contributed by atoms with E-state index in [4.69, 9.17) is 9.29 Å². The van der Waals surface area contributed by atoms with Crippen molar-refractivity contribution in [3.63, 3.8) is 0 Å². The molecule has 0 aliphatic carbocycles. The molecule has 0 fully saturated rings. The molecule has 274 valence electrons. The minimum absolute atomic E-state index is 0. The van der Waals surface area contributed by atoms with Crippen LogP contribution in [-0.2, 0) is 29.5 Å².